The molecule has 0 bridgehead atoms. The number of hydrogen-bond acceptors (Lipinski definition) is 8. The van der Waals surface area contributed by atoms with Crippen molar-refractivity contribution in [1.29, 1.82) is 0 Å². The van der Waals surface area contributed by atoms with Crippen LogP contribution in [0.5, 0.6) is 0 Å². The van der Waals surface area contributed by atoms with Crippen LogP contribution in [0.2, 0.25) is 0 Å². The molecule has 0 unspecified atom stereocenters. The van der Waals surface area contributed by atoms with Gasteiger partial charge in [0.05, 0.1) is 6.10 Å². The van der Waals surface area contributed by atoms with Gasteiger partial charge in [0.1, 0.15) is 12.7 Å². The first kappa shape index (κ1) is 13.7. The standard InChI is InChI=1S/C12H18N8O/c1-13-10-17-11(16-8-2-4-9(21)5-3-8)19-12(18-10)20-7-14-6-15-20/h6-9,21H,2-5H2,1H3,(H2,13,16,17,18,19). The lowest BCUT2D eigenvalue weighted by Crippen LogP contribution is -2.29. The van der Waals surface area contributed by atoms with E-state index < -0.39 is 0 Å². The van der Waals surface area contributed by atoms with Crippen molar-refractivity contribution in [3.8, 4) is 5.95 Å². The van der Waals surface area contributed by atoms with Crippen LogP contribution < -0.4 is 10.6 Å². The monoisotopic (exact) mass is 290 g/mol. The number of anilines is 2. The lowest BCUT2D eigenvalue weighted by molar-refractivity contribution is 0.126. The highest BCUT2D eigenvalue weighted by molar-refractivity contribution is 5.37. The fourth-order valence-corrected chi connectivity index (χ4v) is 2.36. The average molecular weight is 290 g/mol. The molecular formula is C12H18N8O. The van der Waals surface area contributed by atoms with E-state index >= 15 is 0 Å². The summed E-state index contributed by atoms with van der Waals surface area (Å²) in [7, 11) is 1.75. The van der Waals surface area contributed by atoms with Crippen LogP contribution in [0.1, 0.15) is 25.7 Å². The van der Waals surface area contributed by atoms with Gasteiger partial charge in [0, 0.05) is 13.1 Å². The number of hydrogen-bond donors (Lipinski definition) is 3. The Labute approximate surface area is 121 Å². The summed E-state index contributed by atoms with van der Waals surface area (Å²) in [6, 6.07) is 0.268. The van der Waals surface area contributed by atoms with Crippen LogP contribution in [0, 0.1) is 0 Å². The van der Waals surface area contributed by atoms with Crippen molar-refractivity contribution in [2.75, 3.05) is 17.7 Å². The largest absolute Gasteiger partial charge is 0.393 e. The molecule has 21 heavy (non-hydrogen) atoms. The topological polar surface area (TPSA) is 114 Å². The zero-order valence-electron chi connectivity index (χ0n) is 11.8. The number of nitrogens with one attached hydrogen (secondary N) is 2. The molecule has 1 saturated carbocycles. The molecule has 2 heterocycles. The minimum atomic E-state index is -0.181. The third kappa shape index (κ3) is 3.24. The highest BCUT2D eigenvalue weighted by Crippen LogP contribution is 2.21. The summed E-state index contributed by atoms with van der Waals surface area (Å²) < 4.78 is 1.48. The number of nitrogens with zero attached hydrogens (tertiary/aromatic N) is 6. The van der Waals surface area contributed by atoms with Crippen molar-refractivity contribution in [3.05, 3.63) is 12.7 Å². The molecule has 1 aliphatic carbocycles. The lowest BCUT2D eigenvalue weighted by atomic mass is 9.93. The van der Waals surface area contributed by atoms with Gasteiger partial charge in [-0.1, -0.05) is 0 Å². The van der Waals surface area contributed by atoms with Crippen molar-refractivity contribution in [2.24, 2.45) is 0 Å². The second-order valence-electron chi connectivity index (χ2n) is 5.02. The van der Waals surface area contributed by atoms with E-state index in [1.54, 1.807) is 7.05 Å². The normalized spacial score (nSPS) is 22.0. The van der Waals surface area contributed by atoms with Crippen molar-refractivity contribution < 1.29 is 5.11 Å². The van der Waals surface area contributed by atoms with Crippen molar-refractivity contribution >= 4 is 11.9 Å². The lowest BCUT2D eigenvalue weighted by Gasteiger charge is -2.26. The Balaban J connectivity index is 1.79. The summed E-state index contributed by atoms with van der Waals surface area (Å²) in [6.07, 6.45) is 6.20. The summed E-state index contributed by atoms with van der Waals surface area (Å²) >= 11 is 0. The first-order chi connectivity index (χ1) is 10.2. The Morgan fingerprint density at radius 3 is 2.57 bits per heavy atom. The van der Waals surface area contributed by atoms with Gasteiger partial charge < -0.3 is 15.7 Å². The van der Waals surface area contributed by atoms with E-state index in [9.17, 15) is 5.11 Å². The molecule has 1 aliphatic rings. The molecule has 3 rings (SSSR count). The molecule has 0 aliphatic heterocycles. The summed E-state index contributed by atoms with van der Waals surface area (Å²) in [4.78, 5) is 16.8. The maximum atomic E-state index is 9.55. The molecule has 0 amide bonds. The first-order valence-electron chi connectivity index (χ1n) is 6.98. The van der Waals surface area contributed by atoms with Gasteiger partial charge in [-0.05, 0) is 25.7 Å². The molecule has 0 aromatic carbocycles. The second kappa shape index (κ2) is 6.00. The van der Waals surface area contributed by atoms with Crippen LogP contribution in [0.25, 0.3) is 5.95 Å². The molecule has 1 fully saturated rings. The van der Waals surface area contributed by atoms with E-state index in [0.717, 1.165) is 25.7 Å². The van der Waals surface area contributed by atoms with Crippen LogP contribution >= 0.6 is 0 Å². The Bertz CT molecular complexity index is 579. The maximum absolute atomic E-state index is 9.55. The molecule has 0 spiro atoms. The molecule has 9 heteroatoms. The van der Waals surface area contributed by atoms with E-state index in [-0.39, 0.29) is 12.1 Å². The average Bonchev–Trinajstić information content (AvgIpc) is 3.04. The molecule has 0 radical (unpaired) electrons. The van der Waals surface area contributed by atoms with Gasteiger partial charge in [-0.3, -0.25) is 0 Å². The fraction of sp³-hybridized carbons (Fsp3) is 0.583. The van der Waals surface area contributed by atoms with Crippen LogP contribution in [-0.2, 0) is 0 Å². The Morgan fingerprint density at radius 2 is 1.90 bits per heavy atom. The van der Waals surface area contributed by atoms with Gasteiger partial charge in [-0.15, -0.1) is 0 Å². The van der Waals surface area contributed by atoms with E-state index in [1.807, 2.05) is 0 Å². The molecule has 9 nitrogen and oxygen atoms in total. The summed E-state index contributed by atoms with van der Waals surface area (Å²) in [6.45, 7) is 0. The van der Waals surface area contributed by atoms with Gasteiger partial charge in [0.2, 0.25) is 11.9 Å². The van der Waals surface area contributed by atoms with Crippen LogP contribution in [0.3, 0.4) is 0 Å². The molecule has 3 N–H and O–H groups in total. The fourth-order valence-electron chi connectivity index (χ4n) is 2.36. The summed E-state index contributed by atoms with van der Waals surface area (Å²) in [5, 5.41) is 19.8. The third-order valence-corrected chi connectivity index (χ3v) is 3.50. The number of rotatable bonds is 4. The van der Waals surface area contributed by atoms with Gasteiger partial charge in [0.25, 0.3) is 5.95 Å². The number of aromatic nitrogens is 6. The summed E-state index contributed by atoms with van der Waals surface area (Å²) in [5.41, 5.74) is 0. The molecule has 2 aromatic heterocycles. The molecule has 112 valence electrons. The SMILES string of the molecule is CNc1nc(NC2CCC(O)CC2)nc(-n2cncn2)n1. The van der Waals surface area contributed by atoms with E-state index in [0.29, 0.717) is 17.8 Å². The van der Waals surface area contributed by atoms with Crippen molar-refractivity contribution in [1.82, 2.24) is 29.7 Å². The van der Waals surface area contributed by atoms with Gasteiger partial charge >= 0.3 is 0 Å². The van der Waals surface area contributed by atoms with Crippen molar-refractivity contribution in [2.45, 2.75) is 37.8 Å². The summed E-state index contributed by atoms with van der Waals surface area (Å²) in [5.74, 6) is 1.38. The third-order valence-electron chi connectivity index (χ3n) is 3.50. The van der Waals surface area contributed by atoms with Gasteiger partial charge in [0.15, 0.2) is 0 Å². The molecule has 0 atom stereocenters. The maximum Gasteiger partial charge on any atom is 0.258 e. The quantitative estimate of drug-likeness (QED) is 0.732. The first-order valence-corrected chi connectivity index (χ1v) is 6.98. The minimum Gasteiger partial charge on any atom is -0.393 e. The van der Waals surface area contributed by atoms with Crippen LogP contribution in [-0.4, -0.2) is 54.0 Å². The highest BCUT2D eigenvalue weighted by Gasteiger charge is 2.20. The van der Waals surface area contributed by atoms with E-state index in [1.165, 1.54) is 17.3 Å². The zero-order valence-corrected chi connectivity index (χ0v) is 11.8. The van der Waals surface area contributed by atoms with E-state index in [2.05, 4.69) is 35.7 Å². The van der Waals surface area contributed by atoms with Crippen LogP contribution in [0.4, 0.5) is 11.9 Å². The number of aliphatic hydroxyl groups excluding tert-OH is 1. The predicted octanol–water partition coefficient (Wildman–Crippen LogP) is 0.209. The van der Waals surface area contributed by atoms with E-state index in [4.69, 9.17) is 0 Å². The van der Waals surface area contributed by atoms with Crippen molar-refractivity contribution in [3.63, 3.8) is 0 Å². The Hall–Kier alpha value is -2.29. The van der Waals surface area contributed by atoms with Crippen LogP contribution in [0.15, 0.2) is 12.7 Å². The van der Waals surface area contributed by atoms with Gasteiger partial charge in [-0.2, -0.15) is 24.7 Å². The molecule has 0 saturated heterocycles. The Morgan fingerprint density at radius 1 is 1.14 bits per heavy atom. The second-order valence-corrected chi connectivity index (χ2v) is 5.02. The van der Waals surface area contributed by atoms with Gasteiger partial charge in [-0.25, -0.2) is 4.98 Å². The number of aliphatic hydroxyl groups is 1. The predicted molar refractivity (Wildman–Crippen MR) is 76.2 cm³/mol. The zero-order chi connectivity index (χ0) is 14.7. The minimum absolute atomic E-state index is 0.181. The highest BCUT2D eigenvalue weighted by atomic mass is 16.3. The Kier molecular flexibility index (Phi) is 3.91. The molecular weight excluding hydrogens is 272 g/mol. The smallest absolute Gasteiger partial charge is 0.258 e. The molecule has 2 aromatic rings.